The van der Waals surface area contributed by atoms with E-state index in [0.29, 0.717) is 19.0 Å². The number of allylic oxidation sites excluding steroid dienone is 1. The quantitative estimate of drug-likeness (QED) is 0.661. The highest BCUT2D eigenvalue weighted by Crippen LogP contribution is 2.33. The minimum absolute atomic E-state index is 0.105. The number of rotatable bonds is 6. The highest BCUT2D eigenvalue weighted by atomic mass is 16.5. The van der Waals surface area contributed by atoms with Gasteiger partial charge in [-0.3, -0.25) is 10.4 Å². The maximum atomic E-state index is 11.8. The molecule has 1 atom stereocenters. The summed E-state index contributed by atoms with van der Waals surface area (Å²) >= 11 is 0. The van der Waals surface area contributed by atoms with Gasteiger partial charge in [-0.25, -0.2) is 14.8 Å². The number of methoxy groups -OCH3 is 1. The molecule has 1 aliphatic heterocycles. The van der Waals surface area contributed by atoms with E-state index in [2.05, 4.69) is 37.7 Å². The first-order chi connectivity index (χ1) is 13.5. The zero-order valence-electron chi connectivity index (χ0n) is 16.6. The number of nitrogens with one attached hydrogen (secondary N) is 3. The van der Waals surface area contributed by atoms with Gasteiger partial charge in [0.1, 0.15) is 5.82 Å². The largest absolute Gasteiger partial charge is 0.478 e. The van der Waals surface area contributed by atoms with Crippen LogP contribution in [0.2, 0.25) is 0 Å². The fourth-order valence-electron chi connectivity index (χ4n) is 2.97. The van der Waals surface area contributed by atoms with Gasteiger partial charge in [0.2, 0.25) is 0 Å². The predicted octanol–water partition coefficient (Wildman–Crippen LogP) is 2.93. The van der Waals surface area contributed by atoms with E-state index in [-0.39, 0.29) is 18.1 Å². The summed E-state index contributed by atoms with van der Waals surface area (Å²) in [5.41, 5.74) is 2.64. The van der Waals surface area contributed by atoms with Gasteiger partial charge in [-0.15, -0.1) is 0 Å². The number of carbonyl (C=O) groups is 1. The number of pyridine rings is 1. The number of ether oxygens (including phenoxy) is 2. The second-order valence-corrected chi connectivity index (χ2v) is 6.94. The topological polar surface area (TPSA) is 114 Å². The van der Waals surface area contributed by atoms with Crippen LogP contribution in [0.5, 0.6) is 0 Å². The van der Waals surface area contributed by atoms with E-state index < -0.39 is 0 Å². The van der Waals surface area contributed by atoms with Crippen LogP contribution in [0.3, 0.4) is 0 Å². The van der Waals surface area contributed by atoms with Crippen molar-refractivity contribution in [3.8, 4) is 0 Å². The number of amides is 2. The van der Waals surface area contributed by atoms with Gasteiger partial charge in [0, 0.05) is 49.5 Å². The Morgan fingerprint density at radius 3 is 2.96 bits per heavy atom. The van der Waals surface area contributed by atoms with Gasteiger partial charge in [-0.1, -0.05) is 6.92 Å². The smallest absolute Gasteiger partial charge is 0.320 e. The summed E-state index contributed by atoms with van der Waals surface area (Å²) in [4.78, 5) is 20.6. The Labute approximate surface area is 163 Å². The number of aliphatic imine (C=N–C) groups is 1. The first kappa shape index (κ1) is 19.8. The summed E-state index contributed by atoms with van der Waals surface area (Å²) < 4.78 is 10.6. The van der Waals surface area contributed by atoms with Crippen molar-refractivity contribution < 1.29 is 14.3 Å². The summed E-state index contributed by atoms with van der Waals surface area (Å²) in [5, 5.41) is 13.7. The van der Waals surface area contributed by atoms with Crippen molar-refractivity contribution in [2.45, 2.75) is 33.3 Å². The summed E-state index contributed by atoms with van der Waals surface area (Å²) in [7, 11) is 1.58. The van der Waals surface area contributed by atoms with Gasteiger partial charge in [-0.05, 0) is 19.8 Å². The predicted molar refractivity (Wildman–Crippen MR) is 108 cm³/mol. The molecule has 28 heavy (non-hydrogen) atoms. The molecule has 0 fully saturated rings. The zero-order valence-corrected chi connectivity index (χ0v) is 16.6. The van der Waals surface area contributed by atoms with Crippen LogP contribution in [0, 0.1) is 5.92 Å². The highest BCUT2D eigenvalue weighted by molar-refractivity contribution is 5.95. The lowest BCUT2D eigenvalue weighted by Gasteiger charge is -2.21. The van der Waals surface area contributed by atoms with E-state index in [0.717, 1.165) is 34.5 Å². The standard InChI is InChI=1S/C19H26N6O3/c1-11(2)28-17-7-12(3)13(9-22-17)18-14-10-21-16(8-15(14)24-25-18)23-19(26)20-5-6-27-4/h8-12H,5-7H2,1-4H3,(H,24,25)(H2,20,21,23,26). The van der Waals surface area contributed by atoms with Crippen molar-refractivity contribution in [1.82, 2.24) is 20.5 Å². The van der Waals surface area contributed by atoms with Crippen LogP contribution < -0.4 is 10.6 Å². The number of aromatic nitrogens is 3. The van der Waals surface area contributed by atoms with Crippen molar-refractivity contribution in [2.24, 2.45) is 10.9 Å². The second kappa shape index (κ2) is 8.83. The third-order valence-corrected chi connectivity index (χ3v) is 4.29. The summed E-state index contributed by atoms with van der Waals surface area (Å²) in [6, 6.07) is 1.42. The average Bonchev–Trinajstić information content (AvgIpc) is 3.04. The molecule has 150 valence electrons. The van der Waals surface area contributed by atoms with Crippen LogP contribution >= 0.6 is 0 Å². The van der Waals surface area contributed by atoms with Crippen molar-refractivity contribution in [2.75, 3.05) is 25.6 Å². The Morgan fingerprint density at radius 2 is 2.25 bits per heavy atom. The van der Waals surface area contributed by atoms with E-state index in [9.17, 15) is 4.79 Å². The fraction of sp³-hybridized carbons (Fsp3) is 0.474. The van der Waals surface area contributed by atoms with E-state index in [1.165, 1.54) is 0 Å². The minimum atomic E-state index is -0.334. The molecule has 9 nitrogen and oxygen atoms in total. The Morgan fingerprint density at radius 1 is 1.43 bits per heavy atom. The molecular formula is C19H26N6O3. The van der Waals surface area contributed by atoms with E-state index in [4.69, 9.17) is 9.47 Å². The maximum Gasteiger partial charge on any atom is 0.320 e. The van der Waals surface area contributed by atoms with Gasteiger partial charge >= 0.3 is 6.03 Å². The van der Waals surface area contributed by atoms with E-state index in [1.807, 2.05) is 20.0 Å². The Kier molecular flexibility index (Phi) is 6.25. The maximum absolute atomic E-state index is 11.8. The SMILES string of the molecule is COCCNC(=O)Nc1cc2[nH]nc(C3=CN=C(OC(C)C)CC3C)c2cn1. The Hall–Kier alpha value is -2.94. The van der Waals surface area contributed by atoms with Crippen LogP contribution in [0.4, 0.5) is 10.6 Å². The lowest BCUT2D eigenvalue weighted by molar-refractivity contribution is 0.198. The molecule has 0 aromatic carbocycles. The van der Waals surface area contributed by atoms with Crippen LogP contribution in [-0.4, -0.2) is 53.5 Å². The fourth-order valence-corrected chi connectivity index (χ4v) is 2.97. The molecule has 0 spiro atoms. The molecule has 3 heterocycles. The molecule has 0 saturated heterocycles. The number of aromatic amines is 1. The molecule has 9 heteroatoms. The van der Waals surface area contributed by atoms with Crippen molar-refractivity contribution in [3.63, 3.8) is 0 Å². The highest BCUT2D eigenvalue weighted by Gasteiger charge is 2.23. The molecule has 0 bridgehead atoms. The van der Waals surface area contributed by atoms with Crippen molar-refractivity contribution in [3.05, 3.63) is 24.2 Å². The number of H-pyrrole nitrogens is 1. The lowest BCUT2D eigenvalue weighted by Crippen LogP contribution is -2.31. The van der Waals surface area contributed by atoms with Gasteiger partial charge in [0.15, 0.2) is 5.90 Å². The summed E-state index contributed by atoms with van der Waals surface area (Å²) in [5.74, 6) is 1.41. The number of carbonyl (C=O) groups excluding carboxylic acids is 1. The third kappa shape index (κ3) is 4.66. The molecule has 0 saturated carbocycles. The third-order valence-electron chi connectivity index (χ3n) is 4.29. The normalized spacial score (nSPS) is 16.7. The first-order valence-corrected chi connectivity index (χ1v) is 9.29. The molecule has 1 unspecified atom stereocenters. The van der Waals surface area contributed by atoms with Crippen LogP contribution in [0.1, 0.15) is 32.9 Å². The van der Waals surface area contributed by atoms with Crippen LogP contribution in [0.25, 0.3) is 16.5 Å². The van der Waals surface area contributed by atoms with Crippen LogP contribution in [0.15, 0.2) is 23.5 Å². The molecular weight excluding hydrogens is 360 g/mol. The van der Waals surface area contributed by atoms with Gasteiger partial charge in [0.25, 0.3) is 0 Å². The number of nitrogens with zero attached hydrogens (tertiary/aromatic N) is 3. The Bertz CT molecular complexity index is 902. The summed E-state index contributed by atoms with van der Waals surface area (Å²) in [6.07, 6.45) is 4.36. The number of fused-ring (bicyclic) bond motifs is 1. The van der Waals surface area contributed by atoms with E-state index >= 15 is 0 Å². The zero-order chi connectivity index (χ0) is 20.1. The first-order valence-electron chi connectivity index (χ1n) is 9.29. The molecule has 2 aromatic heterocycles. The number of hydrogen-bond acceptors (Lipinski definition) is 6. The second-order valence-electron chi connectivity index (χ2n) is 6.94. The molecule has 2 aromatic rings. The number of urea groups is 1. The lowest BCUT2D eigenvalue weighted by atomic mass is 9.93. The summed E-state index contributed by atoms with van der Waals surface area (Å²) in [6.45, 7) is 6.97. The van der Waals surface area contributed by atoms with Crippen molar-refractivity contribution >= 4 is 34.2 Å². The Balaban J connectivity index is 1.77. The molecule has 3 rings (SSSR count). The molecule has 2 amide bonds. The molecule has 1 aliphatic rings. The number of anilines is 1. The average molecular weight is 386 g/mol. The number of hydrogen-bond donors (Lipinski definition) is 3. The van der Waals surface area contributed by atoms with Crippen molar-refractivity contribution in [1.29, 1.82) is 0 Å². The monoisotopic (exact) mass is 386 g/mol. The van der Waals surface area contributed by atoms with Crippen LogP contribution in [-0.2, 0) is 9.47 Å². The molecule has 0 radical (unpaired) electrons. The van der Waals surface area contributed by atoms with Gasteiger partial charge in [0.05, 0.1) is 23.9 Å². The van der Waals surface area contributed by atoms with Gasteiger partial charge in [-0.2, -0.15) is 5.10 Å². The van der Waals surface area contributed by atoms with Gasteiger partial charge < -0.3 is 14.8 Å². The molecule has 3 N–H and O–H groups in total. The minimum Gasteiger partial charge on any atom is -0.478 e. The molecule has 0 aliphatic carbocycles. The van der Waals surface area contributed by atoms with E-state index in [1.54, 1.807) is 19.4 Å².